The molecule has 1 saturated heterocycles. The van der Waals surface area contributed by atoms with Crippen LogP contribution in [0.4, 0.5) is 11.5 Å². The molecule has 1 fully saturated rings. The zero-order chi connectivity index (χ0) is 14.1. The molecule has 1 unspecified atom stereocenters. The van der Waals surface area contributed by atoms with Gasteiger partial charge < -0.3 is 14.8 Å². The number of pyridine rings is 1. The average molecular weight is 282 g/mol. The first kappa shape index (κ1) is 12.8. The van der Waals surface area contributed by atoms with Crippen LogP contribution in [-0.2, 0) is 22.3 Å². The standard InChI is InChI=1S/C17H18N2O2/c1-2-12-3-4-13-10-14(16-11-20-8-9-21-16)5-6-15(13)19-17(12)18-7-1/h1-2,5-7,10,16H,3-4,8-9,11H2,(H,18,19). The van der Waals surface area contributed by atoms with E-state index in [9.17, 15) is 0 Å². The third-order valence-electron chi connectivity index (χ3n) is 4.13. The summed E-state index contributed by atoms with van der Waals surface area (Å²) in [5, 5.41) is 3.45. The molecular formula is C17H18N2O2. The Bertz CT molecular complexity index is 651. The van der Waals surface area contributed by atoms with Gasteiger partial charge in [0.1, 0.15) is 11.9 Å². The summed E-state index contributed by atoms with van der Waals surface area (Å²) in [6.45, 7) is 2.02. The Morgan fingerprint density at radius 2 is 2.05 bits per heavy atom. The SMILES string of the molecule is c1cnc2c(c1)CCc1cc(C3COCCO3)ccc1N2. The normalized spacial score (nSPS) is 20.9. The quantitative estimate of drug-likeness (QED) is 0.873. The topological polar surface area (TPSA) is 43.4 Å². The van der Waals surface area contributed by atoms with Gasteiger partial charge in [0.25, 0.3) is 0 Å². The first-order valence-electron chi connectivity index (χ1n) is 7.43. The molecule has 2 aliphatic heterocycles. The number of ether oxygens (including phenoxy) is 2. The first-order chi connectivity index (χ1) is 10.4. The van der Waals surface area contributed by atoms with Crippen LogP contribution >= 0.6 is 0 Å². The van der Waals surface area contributed by atoms with E-state index in [-0.39, 0.29) is 6.10 Å². The number of nitrogens with zero attached hydrogens (tertiary/aromatic N) is 1. The van der Waals surface area contributed by atoms with Crippen LogP contribution in [0.5, 0.6) is 0 Å². The van der Waals surface area contributed by atoms with E-state index in [0.717, 1.165) is 24.3 Å². The maximum atomic E-state index is 5.79. The van der Waals surface area contributed by atoms with Crippen LogP contribution < -0.4 is 5.32 Å². The lowest BCUT2D eigenvalue weighted by atomic mass is 10.0. The minimum Gasteiger partial charge on any atom is -0.376 e. The fraction of sp³-hybridized carbons (Fsp3) is 0.353. The Morgan fingerprint density at radius 1 is 1.10 bits per heavy atom. The molecule has 1 aromatic carbocycles. The summed E-state index contributed by atoms with van der Waals surface area (Å²) in [4.78, 5) is 4.43. The maximum Gasteiger partial charge on any atom is 0.133 e. The van der Waals surface area contributed by atoms with Gasteiger partial charge in [-0.2, -0.15) is 0 Å². The number of hydrogen-bond donors (Lipinski definition) is 1. The molecule has 4 nitrogen and oxygen atoms in total. The number of anilines is 2. The molecular weight excluding hydrogens is 264 g/mol. The third-order valence-corrected chi connectivity index (χ3v) is 4.13. The molecule has 1 aromatic heterocycles. The van der Waals surface area contributed by atoms with Gasteiger partial charge in [-0.3, -0.25) is 0 Å². The van der Waals surface area contributed by atoms with Crippen LogP contribution in [0, 0.1) is 0 Å². The summed E-state index contributed by atoms with van der Waals surface area (Å²) >= 11 is 0. The Morgan fingerprint density at radius 3 is 2.95 bits per heavy atom. The van der Waals surface area contributed by atoms with Crippen LogP contribution in [0.2, 0.25) is 0 Å². The number of rotatable bonds is 1. The Hall–Kier alpha value is -1.91. The monoisotopic (exact) mass is 282 g/mol. The van der Waals surface area contributed by atoms with Crippen LogP contribution in [-0.4, -0.2) is 24.8 Å². The minimum atomic E-state index is 0.0628. The number of fused-ring (bicyclic) bond motifs is 2. The molecule has 0 amide bonds. The van der Waals surface area contributed by atoms with Gasteiger partial charge in [0.2, 0.25) is 0 Å². The highest BCUT2D eigenvalue weighted by Gasteiger charge is 2.19. The smallest absolute Gasteiger partial charge is 0.133 e. The summed E-state index contributed by atoms with van der Waals surface area (Å²) < 4.78 is 11.3. The number of hydrogen-bond acceptors (Lipinski definition) is 4. The van der Waals surface area contributed by atoms with E-state index in [1.807, 2.05) is 12.3 Å². The molecule has 21 heavy (non-hydrogen) atoms. The van der Waals surface area contributed by atoms with E-state index >= 15 is 0 Å². The predicted octanol–water partition coefficient (Wildman–Crippen LogP) is 3.01. The van der Waals surface area contributed by atoms with Gasteiger partial charge in [-0.15, -0.1) is 0 Å². The Labute approximate surface area is 124 Å². The highest BCUT2D eigenvalue weighted by atomic mass is 16.6. The summed E-state index contributed by atoms with van der Waals surface area (Å²) in [5.41, 5.74) is 4.94. The van der Waals surface area contributed by atoms with E-state index < -0.39 is 0 Å². The zero-order valence-electron chi connectivity index (χ0n) is 11.8. The van der Waals surface area contributed by atoms with Gasteiger partial charge >= 0.3 is 0 Å². The van der Waals surface area contributed by atoms with E-state index in [1.165, 1.54) is 16.7 Å². The second-order valence-corrected chi connectivity index (χ2v) is 5.49. The molecule has 2 aliphatic rings. The summed E-state index contributed by atoms with van der Waals surface area (Å²) in [5.74, 6) is 0.973. The second kappa shape index (κ2) is 5.47. The summed E-state index contributed by atoms with van der Waals surface area (Å²) in [7, 11) is 0. The van der Waals surface area contributed by atoms with Crippen molar-refractivity contribution in [3.8, 4) is 0 Å². The minimum absolute atomic E-state index is 0.0628. The molecule has 4 rings (SSSR count). The molecule has 0 radical (unpaired) electrons. The zero-order valence-corrected chi connectivity index (χ0v) is 11.8. The molecule has 2 aromatic rings. The Kier molecular flexibility index (Phi) is 3.33. The molecule has 3 heterocycles. The first-order valence-corrected chi connectivity index (χ1v) is 7.43. The molecule has 0 aliphatic carbocycles. The highest BCUT2D eigenvalue weighted by Crippen LogP contribution is 2.31. The van der Waals surface area contributed by atoms with Gasteiger partial charge in [0.15, 0.2) is 0 Å². The van der Waals surface area contributed by atoms with Gasteiger partial charge in [-0.25, -0.2) is 4.98 Å². The summed E-state index contributed by atoms with van der Waals surface area (Å²) in [6, 6.07) is 10.6. The lowest BCUT2D eigenvalue weighted by Gasteiger charge is -2.24. The van der Waals surface area contributed by atoms with Crippen molar-refractivity contribution in [2.75, 3.05) is 25.1 Å². The Balaban J connectivity index is 1.64. The van der Waals surface area contributed by atoms with E-state index in [1.54, 1.807) is 0 Å². The largest absolute Gasteiger partial charge is 0.376 e. The predicted molar refractivity (Wildman–Crippen MR) is 80.9 cm³/mol. The van der Waals surface area contributed by atoms with Crippen molar-refractivity contribution >= 4 is 11.5 Å². The van der Waals surface area contributed by atoms with Gasteiger partial charge in [0, 0.05) is 11.9 Å². The molecule has 108 valence electrons. The van der Waals surface area contributed by atoms with E-state index in [0.29, 0.717) is 19.8 Å². The third kappa shape index (κ3) is 2.52. The average Bonchev–Trinajstić information content (AvgIpc) is 2.74. The number of aryl methyl sites for hydroxylation is 2. The number of benzene rings is 1. The summed E-state index contributed by atoms with van der Waals surface area (Å²) in [6.07, 6.45) is 3.92. The van der Waals surface area contributed by atoms with Crippen LogP contribution in [0.3, 0.4) is 0 Å². The maximum absolute atomic E-state index is 5.79. The molecule has 0 spiro atoms. The number of nitrogens with one attached hydrogen (secondary N) is 1. The van der Waals surface area contributed by atoms with E-state index in [4.69, 9.17) is 9.47 Å². The van der Waals surface area contributed by atoms with Crippen LogP contribution in [0.15, 0.2) is 36.5 Å². The van der Waals surface area contributed by atoms with Gasteiger partial charge in [-0.1, -0.05) is 18.2 Å². The van der Waals surface area contributed by atoms with Crippen molar-refractivity contribution in [3.63, 3.8) is 0 Å². The van der Waals surface area contributed by atoms with Crippen LogP contribution in [0.25, 0.3) is 0 Å². The van der Waals surface area contributed by atoms with Crippen molar-refractivity contribution in [1.82, 2.24) is 4.98 Å². The second-order valence-electron chi connectivity index (χ2n) is 5.49. The van der Waals surface area contributed by atoms with Crippen molar-refractivity contribution in [2.45, 2.75) is 18.9 Å². The lowest BCUT2D eigenvalue weighted by Crippen LogP contribution is -2.22. The fourth-order valence-electron chi connectivity index (χ4n) is 2.97. The number of aromatic nitrogens is 1. The van der Waals surface area contributed by atoms with Crippen molar-refractivity contribution in [1.29, 1.82) is 0 Å². The lowest BCUT2D eigenvalue weighted by molar-refractivity contribution is -0.0901. The van der Waals surface area contributed by atoms with E-state index in [2.05, 4.69) is 34.6 Å². The van der Waals surface area contributed by atoms with Crippen molar-refractivity contribution in [2.24, 2.45) is 0 Å². The molecule has 4 heteroatoms. The van der Waals surface area contributed by atoms with Gasteiger partial charge in [0.05, 0.1) is 19.8 Å². The van der Waals surface area contributed by atoms with Crippen molar-refractivity contribution in [3.05, 3.63) is 53.2 Å². The molecule has 1 atom stereocenters. The van der Waals surface area contributed by atoms with Crippen molar-refractivity contribution < 1.29 is 9.47 Å². The molecule has 0 bridgehead atoms. The fourth-order valence-corrected chi connectivity index (χ4v) is 2.97. The molecule has 1 N–H and O–H groups in total. The highest BCUT2D eigenvalue weighted by molar-refractivity contribution is 5.65. The molecule has 0 saturated carbocycles. The van der Waals surface area contributed by atoms with Crippen LogP contribution in [0.1, 0.15) is 22.8 Å². The van der Waals surface area contributed by atoms with Gasteiger partial charge in [-0.05, 0) is 41.7 Å².